The highest BCUT2D eigenvalue weighted by Crippen LogP contribution is 2.15. The first-order valence-corrected chi connectivity index (χ1v) is 6.24. The SMILES string of the molecule is N#CC(N=Nc1ccccc1)C(=O)c1cccc(Cl)c1. The largest absolute Gasteiger partial charge is 0.290 e. The number of carbonyl (C=O) groups is 1. The van der Waals surface area contributed by atoms with Crippen LogP contribution in [-0.4, -0.2) is 11.8 Å². The van der Waals surface area contributed by atoms with Gasteiger partial charge in [0.25, 0.3) is 0 Å². The van der Waals surface area contributed by atoms with Gasteiger partial charge in [-0.15, -0.1) is 0 Å². The van der Waals surface area contributed by atoms with Crippen molar-refractivity contribution in [3.63, 3.8) is 0 Å². The normalized spacial score (nSPS) is 12.0. The lowest BCUT2D eigenvalue weighted by Gasteiger charge is -2.02. The van der Waals surface area contributed by atoms with E-state index in [9.17, 15) is 4.79 Å². The van der Waals surface area contributed by atoms with Crippen LogP contribution in [0.15, 0.2) is 64.8 Å². The summed E-state index contributed by atoms with van der Waals surface area (Å²) in [7, 11) is 0. The first-order chi connectivity index (χ1) is 9.70. The zero-order valence-corrected chi connectivity index (χ0v) is 11.2. The van der Waals surface area contributed by atoms with Gasteiger partial charge in [-0.05, 0) is 24.3 Å². The van der Waals surface area contributed by atoms with Crippen LogP contribution in [0, 0.1) is 11.3 Å². The van der Waals surface area contributed by atoms with E-state index < -0.39 is 11.8 Å². The van der Waals surface area contributed by atoms with Gasteiger partial charge in [-0.3, -0.25) is 4.79 Å². The molecule has 0 amide bonds. The number of hydrogen-bond acceptors (Lipinski definition) is 4. The lowest BCUT2D eigenvalue weighted by atomic mass is 10.1. The van der Waals surface area contributed by atoms with Crippen LogP contribution in [0.3, 0.4) is 0 Å². The fraction of sp³-hybridized carbons (Fsp3) is 0.0667. The monoisotopic (exact) mass is 283 g/mol. The first-order valence-electron chi connectivity index (χ1n) is 5.86. The number of rotatable bonds is 4. The van der Waals surface area contributed by atoms with Gasteiger partial charge in [0.15, 0.2) is 0 Å². The van der Waals surface area contributed by atoms with Crippen LogP contribution >= 0.6 is 11.6 Å². The van der Waals surface area contributed by atoms with Gasteiger partial charge in [0, 0.05) is 10.6 Å². The van der Waals surface area contributed by atoms with Crippen molar-refractivity contribution < 1.29 is 4.79 Å². The molecule has 0 radical (unpaired) electrons. The van der Waals surface area contributed by atoms with Crippen molar-refractivity contribution in [3.05, 3.63) is 65.2 Å². The molecule has 1 atom stereocenters. The Labute approximate surface area is 121 Å². The van der Waals surface area contributed by atoms with Crippen LogP contribution in [-0.2, 0) is 0 Å². The topological polar surface area (TPSA) is 65.6 Å². The van der Waals surface area contributed by atoms with Gasteiger partial charge in [0.2, 0.25) is 11.8 Å². The molecule has 0 fully saturated rings. The molecule has 5 heteroatoms. The van der Waals surface area contributed by atoms with Crippen LogP contribution in [0.5, 0.6) is 0 Å². The van der Waals surface area contributed by atoms with Crippen molar-refractivity contribution in [2.45, 2.75) is 6.04 Å². The summed E-state index contributed by atoms with van der Waals surface area (Å²) in [5.41, 5.74) is 0.933. The molecular formula is C15H10ClN3O. The van der Waals surface area contributed by atoms with E-state index in [1.807, 2.05) is 12.1 Å². The second-order valence-electron chi connectivity index (χ2n) is 3.96. The minimum absolute atomic E-state index is 0.344. The van der Waals surface area contributed by atoms with Gasteiger partial charge in [-0.2, -0.15) is 15.5 Å². The number of halogens is 1. The molecule has 0 saturated heterocycles. The maximum Gasteiger partial charge on any atom is 0.219 e. The predicted molar refractivity (Wildman–Crippen MR) is 76.1 cm³/mol. The molecule has 0 saturated carbocycles. The van der Waals surface area contributed by atoms with Gasteiger partial charge in [0.1, 0.15) is 0 Å². The van der Waals surface area contributed by atoms with Crippen LogP contribution in [0.25, 0.3) is 0 Å². The molecule has 2 aromatic carbocycles. The summed E-state index contributed by atoms with van der Waals surface area (Å²) in [4.78, 5) is 12.1. The van der Waals surface area contributed by atoms with E-state index in [1.165, 1.54) is 6.07 Å². The van der Waals surface area contributed by atoms with E-state index in [0.29, 0.717) is 16.3 Å². The van der Waals surface area contributed by atoms with Crippen molar-refractivity contribution in [1.29, 1.82) is 5.26 Å². The summed E-state index contributed by atoms with van der Waals surface area (Å²) in [5, 5.41) is 17.2. The molecule has 98 valence electrons. The van der Waals surface area contributed by atoms with E-state index in [2.05, 4.69) is 10.2 Å². The van der Waals surface area contributed by atoms with Crippen LogP contribution in [0.1, 0.15) is 10.4 Å². The molecule has 0 aliphatic rings. The van der Waals surface area contributed by atoms with Crippen molar-refractivity contribution in [3.8, 4) is 6.07 Å². The van der Waals surface area contributed by atoms with Gasteiger partial charge in [-0.1, -0.05) is 41.9 Å². The molecule has 0 aromatic heterocycles. The molecule has 4 nitrogen and oxygen atoms in total. The lowest BCUT2D eigenvalue weighted by molar-refractivity contribution is 0.0979. The standard InChI is InChI=1S/C15H10ClN3O/c16-12-6-4-5-11(9-12)15(20)14(10-17)19-18-13-7-2-1-3-8-13/h1-9,14H. The Kier molecular flexibility index (Phi) is 4.59. The summed E-state index contributed by atoms with van der Waals surface area (Å²) in [6, 6.07) is 16.0. The Bertz CT molecular complexity index is 677. The fourth-order valence-corrected chi connectivity index (χ4v) is 1.75. The molecule has 0 aliphatic heterocycles. The second kappa shape index (κ2) is 6.60. The Morgan fingerprint density at radius 2 is 1.90 bits per heavy atom. The fourth-order valence-electron chi connectivity index (χ4n) is 1.56. The van der Waals surface area contributed by atoms with E-state index in [-0.39, 0.29) is 0 Å². The molecule has 0 bridgehead atoms. The zero-order valence-electron chi connectivity index (χ0n) is 10.4. The van der Waals surface area contributed by atoms with Crippen LogP contribution < -0.4 is 0 Å². The van der Waals surface area contributed by atoms with Crippen molar-refractivity contribution in [1.82, 2.24) is 0 Å². The number of nitriles is 1. The van der Waals surface area contributed by atoms with Crippen LogP contribution in [0.2, 0.25) is 5.02 Å². The van der Waals surface area contributed by atoms with E-state index in [4.69, 9.17) is 16.9 Å². The molecule has 2 aromatic rings. The van der Waals surface area contributed by atoms with Gasteiger partial charge < -0.3 is 0 Å². The number of nitrogens with zero attached hydrogens (tertiary/aromatic N) is 3. The number of benzene rings is 2. The molecule has 0 spiro atoms. The number of Topliss-reactive ketones (excluding diaryl/α,β-unsaturated/α-hetero) is 1. The smallest absolute Gasteiger partial charge is 0.219 e. The molecule has 0 N–H and O–H groups in total. The second-order valence-corrected chi connectivity index (χ2v) is 4.39. The number of carbonyl (C=O) groups excluding carboxylic acids is 1. The zero-order chi connectivity index (χ0) is 14.4. The third-order valence-corrected chi connectivity index (χ3v) is 2.76. The number of hydrogen-bond donors (Lipinski definition) is 0. The Morgan fingerprint density at radius 3 is 2.55 bits per heavy atom. The third-order valence-electron chi connectivity index (χ3n) is 2.52. The molecule has 0 heterocycles. The summed E-state index contributed by atoms with van der Waals surface area (Å²) in [5.74, 6) is -0.422. The predicted octanol–water partition coefficient (Wildman–Crippen LogP) is 4.20. The van der Waals surface area contributed by atoms with Gasteiger partial charge in [0.05, 0.1) is 11.8 Å². The van der Waals surface area contributed by atoms with E-state index >= 15 is 0 Å². The highest BCUT2D eigenvalue weighted by Gasteiger charge is 2.19. The van der Waals surface area contributed by atoms with Gasteiger partial charge >= 0.3 is 0 Å². The summed E-state index contributed by atoms with van der Waals surface area (Å²) >= 11 is 5.82. The average Bonchev–Trinajstić information content (AvgIpc) is 2.48. The van der Waals surface area contributed by atoms with Crippen molar-refractivity contribution in [2.75, 3.05) is 0 Å². The van der Waals surface area contributed by atoms with Crippen molar-refractivity contribution >= 4 is 23.1 Å². The first kappa shape index (κ1) is 13.9. The highest BCUT2D eigenvalue weighted by atomic mass is 35.5. The van der Waals surface area contributed by atoms with E-state index in [0.717, 1.165) is 0 Å². The lowest BCUT2D eigenvalue weighted by Crippen LogP contribution is -2.16. The number of azo groups is 1. The quantitative estimate of drug-likeness (QED) is 0.623. The maximum atomic E-state index is 12.1. The highest BCUT2D eigenvalue weighted by molar-refractivity contribution is 6.31. The average molecular weight is 284 g/mol. The van der Waals surface area contributed by atoms with Crippen LogP contribution in [0.4, 0.5) is 5.69 Å². The van der Waals surface area contributed by atoms with E-state index in [1.54, 1.807) is 42.5 Å². The molecular weight excluding hydrogens is 274 g/mol. The summed E-state index contributed by atoms with van der Waals surface area (Å²) in [6.45, 7) is 0. The molecule has 1 unspecified atom stereocenters. The third kappa shape index (κ3) is 3.50. The van der Waals surface area contributed by atoms with Gasteiger partial charge in [-0.25, -0.2) is 0 Å². The minimum atomic E-state index is -1.17. The summed E-state index contributed by atoms with van der Waals surface area (Å²) in [6.07, 6.45) is 0. The Balaban J connectivity index is 2.19. The Morgan fingerprint density at radius 1 is 1.15 bits per heavy atom. The minimum Gasteiger partial charge on any atom is -0.290 e. The molecule has 2 rings (SSSR count). The molecule has 20 heavy (non-hydrogen) atoms. The Hall–Kier alpha value is -2.51. The summed E-state index contributed by atoms with van der Waals surface area (Å²) < 4.78 is 0. The number of ketones is 1. The maximum absolute atomic E-state index is 12.1. The van der Waals surface area contributed by atoms with Crippen molar-refractivity contribution in [2.24, 2.45) is 10.2 Å². The molecule has 0 aliphatic carbocycles.